The number of ether oxygens (including phenoxy) is 1. The first-order chi connectivity index (χ1) is 9.19. The van der Waals surface area contributed by atoms with Gasteiger partial charge in [-0.15, -0.1) is 0 Å². The van der Waals surface area contributed by atoms with E-state index in [0.717, 1.165) is 5.69 Å². The zero-order valence-electron chi connectivity index (χ0n) is 10.8. The number of nitrogens with zero attached hydrogens (tertiary/aromatic N) is 2. The van der Waals surface area contributed by atoms with Gasteiger partial charge in [-0.25, -0.2) is 4.79 Å². The third-order valence-corrected chi connectivity index (χ3v) is 3.17. The lowest BCUT2D eigenvalue weighted by atomic mass is 10.4. The number of aromatic nitrogens is 2. The van der Waals surface area contributed by atoms with E-state index in [1.54, 1.807) is 17.9 Å². The van der Waals surface area contributed by atoms with Gasteiger partial charge >= 0.3 is 6.03 Å². The topological polar surface area (TPSA) is 68.2 Å². The van der Waals surface area contributed by atoms with Crippen LogP contribution < -0.4 is 10.6 Å². The molecule has 19 heavy (non-hydrogen) atoms. The van der Waals surface area contributed by atoms with E-state index >= 15 is 0 Å². The summed E-state index contributed by atoms with van der Waals surface area (Å²) in [5, 5.41) is 13.4. The van der Waals surface area contributed by atoms with Gasteiger partial charge in [0.1, 0.15) is 0 Å². The van der Waals surface area contributed by atoms with Gasteiger partial charge in [-0.05, 0) is 18.4 Å². The molecule has 7 heteroatoms. The summed E-state index contributed by atoms with van der Waals surface area (Å²) in [4.78, 5) is 11.7. The number of carbonyl (C=O) groups is 1. The molecule has 2 rings (SSSR count). The van der Waals surface area contributed by atoms with Crippen LogP contribution in [0.5, 0.6) is 0 Å². The SMILES string of the molecule is COCC(C)n1ccc(NC(=O)Nc2ccsc2)n1. The third-order valence-electron chi connectivity index (χ3n) is 2.49. The molecule has 2 N–H and O–H groups in total. The Balaban J connectivity index is 1.90. The summed E-state index contributed by atoms with van der Waals surface area (Å²) in [5.74, 6) is 0.510. The summed E-state index contributed by atoms with van der Waals surface area (Å²) in [6, 6.07) is 3.41. The molecule has 2 aromatic rings. The molecule has 0 saturated carbocycles. The zero-order valence-corrected chi connectivity index (χ0v) is 11.6. The maximum atomic E-state index is 11.7. The Morgan fingerprint density at radius 2 is 2.37 bits per heavy atom. The molecule has 0 aromatic carbocycles. The van der Waals surface area contributed by atoms with Crippen LogP contribution in [-0.4, -0.2) is 29.5 Å². The minimum absolute atomic E-state index is 0.125. The van der Waals surface area contributed by atoms with Gasteiger partial charge in [-0.1, -0.05) is 0 Å². The highest BCUT2D eigenvalue weighted by Crippen LogP contribution is 2.13. The van der Waals surface area contributed by atoms with E-state index in [0.29, 0.717) is 12.4 Å². The molecule has 0 aliphatic carbocycles. The molecule has 2 aromatic heterocycles. The second-order valence-corrected chi connectivity index (χ2v) is 4.86. The van der Waals surface area contributed by atoms with Crippen molar-refractivity contribution in [1.82, 2.24) is 9.78 Å². The summed E-state index contributed by atoms with van der Waals surface area (Å²) < 4.78 is 6.81. The lowest BCUT2D eigenvalue weighted by Crippen LogP contribution is -2.20. The van der Waals surface area contributed by atoms with Crippen molar-refractivity contribution < 1.29 is 9.53 Å². The molecule has 1 unspecified atom stereocenters. The third kappa shape index (κ3) is 3.80. The number of rotatable bonds is 5. The van der Waals surface area contributed by atoms with Gasteiger partial charge in [0.25, 0.3) is 0 Å². The van der Waals surface area contributed by atoms with E-state index in [9.17, 15) is 4.79 Å². The Labute approximate surface area is 115 Å². The van der Waals surface area contributed by atoms with Crippen LogP contribution in [0.1, 0.15) is 13.0 Å². The molecule has 2 heterocycles. The molecule has 0 spiro atoms. The molecule has 0 fully saturated rings. The van der Waals surface area contributed by atoms with Gasteiger partial charge < -0.3 is 10.1 Å². The quantitative estimate of drug-likeness (QED) is 0.885. The molecular weight excluding hydrogens is 264 g/mol. The second kappa shape index (κ2) is 6.35. The van der Waals surface area contributed by atoms with Crippen molar-refractivity contribution in [2.45, 2.75) is 13.0 Å². The molecular formula is C12H16N4O2S. The number of methoxy groups -OCH3 is 1. The summed E-state index contributed by atoms with van der Waals surface area (Å²) in [7, 11) is 1.65. The van der Waals surface area contributed by atoms with E-state index in [1.807, 2.05) is 29.9 Å². The molecule has 2 amide bonds. The van der Waals surface area contributed by atoms with Crippen LogP contribution in [0.25, 0.3) is 0 Å². The summed E-state index contributed by atoms with van der Waals surface area (Å²) in [6.45, 7) is 2.56. The minimum Gasteiger partial charge on any atom is -0.382 e. The van der Waals surface area contributed by atoms with E-state index in [2.05, 4.69) is 15.7 Å². The van der Waals surface area contributed by atoms with Crippen LogP contribution in [0.3, 0.4) is 0 Å². The summed E-state index contributed by atoms with van der Waals surface area (Å²) in [6.07, 6.45) is 1.81. The van der Waals surface area contributed by atoms with Gasteiger partial charge in [-0.3, -0.25) is 10.00 Å². The van der Waals surface area contributed by atoms with E-state index in [-0.39, 0.29) is 12.1 Å². The maximum Gasteiger partial charge on any atom is 0.324 e. The normalized spacial score (nSPS) is 12.1. The number of amides is 2. The highest BCUT2D eigenvalue weighted by molar-refractivity contribution is 7.08. The Hall–Kier alpha value is -1.86. The molecule has 0 aliphatic heterocycles. The average molecular weight is 280 g/mol. The lowest BCUT2D eigenvalue weighted by molar-refractivity contribution is 0.157. The highest BCUT2D eigenvalue weighted by atomic mass is 32.1. The van der Waals surface area contributed by atoms with Crippen molar-refractivity contribution in [1.29, 1.82) is 0 Å². The first-order valence-electron chi connectivity index (χ1n) is 5.83. The Bertz CT molecular complexity index is 524. The lowest BCUT2D eigenvalue weighted by Gasteiger charge is -2.10. The van der Waals surface area contributed by atoms with Crippen LogP contribution in [0.2, 0.25) is 0 Å². The zero-order chi connectivity index (χ0) is 13.7. The van der Waals surface area contributed by atoms with E-state index < -0.39 is 0 Å². The fourth-order valence-electron chi connectivity index (χ4n) is 1.58. The van der Waals surface area contributed by atoms with Crippen molar-refractivity contribution in [2.75, 3.05) is 24.4 Å². The molecule has 0 saturated heterocycles. The molecule has 0 aliphatic rings. The summed E-state index contributed by atoms with van der Waals surface area (Å²) >= 11 is 1.53. The van der Waals surface area contributed by atoms with Gasteiger partial charge in [0, 0.05) is 24.8 Å². The first-order valence-corrected chi connectivity index (χ1v) is 6.77. The summed E-state index contributed by atoms with van der Waals surface area (Å²) in [5.41, 5.74) is 0.773. The molecule has 102 valence electrons. The fourth-order valence-corrected chi connectivity index (χ4v) is 2.17. The number of carbonyl (C=O) groups excluding carboxylic acids is 1. The number of nitrogens with one attached hydrogen (secondary N) is 2. The smallest absolute Gasteiger partial charge is 0.324 e. The van der Waals surface area contributed by atoms with Crippen molar-refractivity contribution in [2.24, 2.45) is 0 Å². The average Bonchev–Trinajstić information content (AvgIpc) is 3.00. The van der Waals surface area contributed by atoms with Gasteiger partial charge in [0.05, 0.1) is 18.3 Å². The Morgan fingerprint density at radius 1 is 1.53 bits per heavy atom. The number of anilines is 2. The number of urea groups is 1. The van der Waals surface area contributed by atoms with Crippen LogP contribution >= 0.6 is 11.3 Å². The van der Waals surface area contributed by atoms with Gasteiger partial charge in [0.2, 0.25) is 0 Å². The Morgan fingerprint density at radius 3 is 3.05 bits per heavy atom. The highest BCUT2D eigenvalue weighted by Gasteiger charge is 2.08. The standard InChI is InChI=1S/C12H16N4O2S/c1-9(7-18-2)16-5-3-11(15-16)14-12(17)13-10-4-6-19-8-10/h3-6,8-9H,7H2,1-2H3,(H2,13,14,15,17). The van der Waals surface area contributed by atoms with Crippen molar-refractivity contribution >= 4 is 28.9 Å². The van der Waals surface area contributed by atoms with Crippen LogP contribution in [0.4, 0.5) is 16.3 Å². The molecule has 1 atom stereocenters. The largest absolute Gasteiger partial charge is 0.382 e. The molecule has 0 radical (unpaired) electrons. The second-order valence-electron chi connectivity index (χ2n) is 4.08. The number of hydrogen-bond donors (Lipinski definition) is 2. The first kappa shape index (κ1) is 13.6. The van der Waals surface area contributed by atoms with E-state index in [1.165, 1.54) is 11.3 Å². The van der Waals surface area contributed by atoms with Crippen LogP contribution in [-0.2, 0) is 4.74 Å². The monoisotopic (exact) mass is 280 g/mol. The van der Waals surface area contributed by atoms with Gasteiger partial charge in [0.15, 0.2) is 5.82 Å². The predicted octanol–water partition coefficient (Wildman–Crippen LogP) is 2.80. The van der Waals surface area contributed by atoms with Crippen molar-refractivity contribution in [3.05, 3.63) is 29.1 Å². The van der Waals surface area contributed by atoms with Crippen LogP contribution in [0.15, 0.2) is 29.1 Å². The molecule has 6 nitrogen and oxygen atoms in total. The van der Waals surface area contributed by atoms with Crippen LogP contribution in [0, 0.1) is 0 Å². The number of thiophene rings is 1. The van der Waals surface area contributed by atoms with E-state index in [4.69, 9.17) is 4.74 Å². The van der Waals surface area contributed by atoms with Crippen molar-refractivity contribution in [3.63, 3.8) is 0 Å². The number of hydrogen-bond acceptors (Lipinski definition) is 4. The molecule has 0 bridgehead atoms. The maximum absolute atomic E-state index is 11.7. The fraction of sp³-hybridized carbons (Fsp3) is 0.333. The van der Waals surface area contributed by atoms with Gasteiger partial charge in [-0.2, -0.15) is 16.4 Å². The minimum atomic E-state index is -0.303. The Kier molecular flexibility index (Phi) is 4.53. The predicted molar refractivity (Wildman–Crippen MR) is 75.8 cm³/mol. The van der Waals surface area contributed by atoms with Crippen molar-refractivity contribution in [3.8, 4) is 0 Å².